The molecule has 0 saturated heterocycles. The first-order valence-corrected chi connectivity index (χ1v) is 7.38. The Bertz CT molecular complexity index is 955. The summed E-state index contributed by atoms with van der Waals surface area (Å²) in [6.07, 6.45) is 2.04. The molecule has 4 aromatic rings. The number of oxazole rings is 1. The predicted molar refractivity (Wildman–Crippen MR) is 87.2 cm³/mol. The van der Waals surface area contributed by atoms with Crippen LogP contribution in [0.1, 0.15) is 5.89 Å². The minimum absolute atomic E-state index is 0.597. The van der Waals surface area contributed by atoms with Crippen molar-refractivity contribution in [2.45, 2.75) is 6.54 Å². The third-order valence-electron chi connectivity index (χ3n) is 3.49. The normalized spacial score (nSPS) is 11.5. The molecule has 2 aromatic heterocycles. The van der Waals surface area contributed by atoms with E-state index in [9.17, 15) is 0 Å². The molecule has 5 heteroatoms. The van der Waals surface area contributed by atoms with E-state index in [0.29, 0.717) is 18.1 Å². The number of hydrogen-bond acceptors (Lipinski definition) is 3. The molecule has 21 heavy (non-hydrogen) atoms. The van der Waals surface area contributed by atoms with Gasteiger partial charge in [-0.05, 0) is 42.5 Å². The molecule has 0 aliphatic carbocycles. The Hall–Kier alpha value is -2.27. The van der Waals surface area contributed by atoms with Crippen LogP contribution in [0, 0.1) is 0 Å². The molecule has 2 N–H and O–H groups in total. The molecular weight excluding hydrogens is 330 g/mol. The van der Waals surface area contributed by atoms with E-state index >= 15 is 0 Å². The van der Waals surface area contributed by atoms with Crippen LogP contribution in [0.5, 0.6) is 0 Å². The molecule has 0 aliphatic rings. The molecule has 0 radical (unpaired) electrons. The standard InChI is InChI=1S/C16H12BrN3O/c17-11-1-3-14-10(7-11)5-6-20(14)9-16-19-13-8-12(18)2-4-15(13)21-16/h1-8H,9,18H2. The highest BCUT2D eigenvalue weighted by molar-refractivity contribution is 9.10. The Kier molecular flexibility index (Phi) is 2.75. The summed E-state index contributed by atoms with van der Waals surface area (Å²) in [7, 11) is 0. The van der Waals surface area contributed by atoms with E-state index in [2.05, 4.69) is 43.7 Å². The average Bonchev–Trinajstić information content (AvgIpc) is 3.02. The van der Waals surface area contributed by atoms with E-state index in [4.69, 9.17) is 10.2 Å². The van der Waals surface area contributed by atoms with Crippen LogP contribution in [0.15, 0.2) is 57.6 Å². The first-order chi connectivity index (χ1) is 10.2. The number of aromatic nitrogens is 2. The predicted octanol–water partition coefficient (Wildman–Crippen LogP) is 4.18. The summed E-state index contributed by atoms with van der Waals surface area (Å²) in [5.41, 5.74) is 9.17. The Morgan fingerprint density at radius 3 is 2.95 bits per heavy atom. The van der Waals surface area contributed by atoms with Crippen molar-refractivity contribution in [3.05, 3.63) is 59.0 Å². The Labute approximate surface area is 129 Å². The smallest absolute Gasteiger partial charge is 0.215 e. The minimum atomic E-state index is 0.597. The lowest BCUT2D eigenvalue weighted by Crippen LogP contribution is -1.97. The number of benzene rings is 2. The van der Waals surface area contributed by atoms with Gasteiger partial charge in [0.1, 0.15) is 5.52 Å². The van der Waals surface area contributed by atoms with Crippen molar-refractivity contribution in [3.8, 4) is 0 Å². The van der Waals surface area contributed by atoms with Gasteiger partial charge in [-0.25, -0.2) is 4.98 Å². The second kappa shape index (κ2) is 4.63. The zero-order chi connectivity index (χ0) is 14.4. The molecular formula is C16H12BrN3O. The van der Waals surface area contributed by atoms with Gasteiger partial charge < -0.3 is 14.7 Å². The summed E-state index contributed by atoms with van der Waals surface area (Å²) in [5.74, 6) is 0.677. The zero-order valence-electron chi connectivity index (χ0n) is 11.1. The molecule has 0 aliphatic heterocycles. The highest BCUT2D eigenvalue weighted by Crippen LogP contribution is 2.23. The first kappa shape index (κ1) is 12.5. The number of hydrogen-bond donors (Lipinski definition) is 1. The number of anilines is 1. The molecule has 104 valence electrons. The van der Waals surface area contributed by atoms with Crippen LogP contribution in [0.4, 0.5) is 5.69 Å². The molecule has 0 fully saturated rings. The third kappa shape index (κ3) is 2.19. The molecule has 2 aromatic carbocycles. The van der Waals surface area contributed by atoms with Gasteiger partial charge in [0.2, 0.25) is 5.89 Å². The number of nitrogen functional groups attached to an aromatic ring is 1. The van der Waals surface area contributed by atoms with E-state index in [-0.39, 0.29) is 0 Å². The van der Waals surface area contributed by atoms with Gasteiger partial charge >= 0.3 is 0 Å². The van der Waals surface area contributed by atoms with Crippen LogP contribution in [0.25, 0.3) is 22.0 Å². The summed E-state index contributed by atoms with van der Waals surface area (Å²) < 4.78 is 8.97. The molecule has 0 bridgehead atoms. The van der Waals surface area contributed by atoms with E-state index in [1.54, 1.807) is 0 Å². The maximum Gasteiger partial charge on any atom is 0.215 e. The molecule has 0 amide bonds. The van der Waals surface area contributed by atoms with E-state index in [0.717, 1.165) is 21.1 Å². The van der Waals surface area contributed by atoms with Crippen molar-refractivity contribution < 1.29 is 4.42 Å². The molecule has 4 nitrogen and oxygen atoms in total. The average molecular weight is 342 g/mol. The Morgan fingerprint density at radius 1 is 1.14 bits per heavy atom. The van der Waals surface area contributed by atoms with Gasteiger partial charge in [0.05, 0.1) is 6.54 Å². The zero-order valence-corrected chi connectivity index (χ0v) is 12.7. The van der Waals surface area contributed by atoms with Gasteiger partial charge in [-0.3, -0.25) is 0 Å². The summed E-state index contributed by atoms with van der Waals surface area (Å²) >= 11 is 3.49. The molecule has 0 unspecified atom stereocenters. The second-order valence-corrected chi connectivity index (χ2v) is 5.90. The van der Waals surface area contributed by atoms with Crippen LogP contribution < -0.4 is 5.73 Å². The van der Waals surface area contributed by atoms with Crippen molar-refractivity contribution in [2.75, 3.05) is 5.73 Å². The van der Waals surface area contributed by atoms with Crippen molar-refractivity contribution >= 4 is 43.6 Å². The molecule has 4 rings (SSSR count). The van der Waals surface area contributed by atoms with E-state index < -0.39 is 0 Å². The number of halogens is 1. The highest BCUT2D eigenvalue weighted by Gasteiger charge is 2.08. The fourth-order valence-corrected chi connectivity index (χ4v) is 2.89. The van der Waals surface area contributed by atoms with Crippen molar-refractivity contribution in [1.82, 2.24) is 9.55 Å². The van der Waals surface area contributed by atoms with Crippen LogP contribution in [0.3, 0.4) is 0 Å². The lowest BCUT2D eigenvalue weighted by molar-refractivity contribution is 0.513. The molecule has 0 atom stereocenters. The fourth-order valence-electron chi connectivity index (χ4n) is 2.51. The number of rotatable bonds is 2. The fraction of sp³-hybridized carbons (Fsp3) is 0.0625. The van der Waals surface area contributed by atoms with E-state index in [1.165, 1.54) is 5.39 Å². The van der Waals surface area contributed by atoms with Gasteiger partial charge in [-0.1, -0.05) is 15.9 Å². The maximum atomic E-state index is 5.77. The largest absolute Gasteiger partial charge is 0.439 e. The third-order valence-corrected chi connectivity index (χ3v) is 3.99. The van der Waals surface area contributed by atoms with Gasteiger partial charge in [0.15, 0.2) is 5.58 Å². The van der Waals surface area contributed by atoms with Gasteiger partial charge in [-0.2, -0.15) is 0 Å². The topological polar surface area (TPSA) is 57.0 Å². The first-order valence-electron chi connectivity index (χ1n) is 6.58. The summed E-state index contributed by atoms with van der Waals surface area (Å²) in [6.45, 7) is 0.597. The summed E-state index contributed by atoms with van der Waals surface area (Å²) in [4.78, 5) is 4.50. The quantitative estimate of drug-likeness (QED) is 0.556. The Balaban J connectivity index is 1.75. The van der Waals surface area contributed by atoms with Crippen molar-refractivity contribution in [1.29, 1.82) is 0 Å². The lowest BCUT2D eigenvalue weighted by Gasteiger charge is -2.01. The lowest BCUT2D eigenvalue weighted by atomic mass is 10.2. The minimum Gasteiger partial charge on any atom is -0.439 e. The summed E-state index contributed by atoms with van der Waals surface area (Å²) in [6, 6.07) is 13.8. The summed E-state index contributed by atoms with van der Waals surface area (Å²) in [5, 5.41) is 1.18. The number of fused-ring (bicyclic) bond motifs is 2. The second-order valence-electron chi connectivity index (χ2n) is 4.98. The van der Waals surface area contributed by atoms with Crippen molar-refractivity contribution in [2.24, 2.45) is 0 Å². The van der Waals surface area contributed by atoms with Gasteiger partial charge in [0, 0.05) is 27.3 Å². The van der Waals surface area contributed by atoms with Crippen LogP contribution in [0.2, 0.25) is 0 Å². The molecule has 0 spiro atoms. The number of nitrogens with zero attached hydrogens (tertiary/aromatic N) is 2. The molecule has 2 heterocycles. The highest BCUT2D eigenvalue weighted by atomic mass is 79.9. The van der Waals surface area contributed by atoms with E-state index in [1.807, 2.05) is 30.5 Å². The molecule has 0 saturated carbocycles. The maximum absolute atomic E-state index is 5.77. The number of nitrogens with two attached hydrogens (primary N) is 1. The van der Waals surface area contributed by atoms with Crippen LogP contribution in [-0.2, 0) is 6.54 Å². The Morgan fingerprint density at radius 2 is 2.05 bits per heavy atom. The van der Waals surface area contributed by atoms with Crippen molar-refractivity contribution in [3.63, 3.8) is 0 Å². The van der Waals surface area contributed by atoms with Gasteiger partial charge in [0.25, 0.3) is 0 Å². The van der Waals surface area contributed by atoms with Crippen LogP contribution >= 0.6 is 15.9 Å². The van der Waals surface area contributed by atoms with Gasteiger partial charge in [-0.15, -0.1) is 0 Å². The van der Waals surface area contributed by atoms with Crippen LogP contribution in [-0.4, -0.2) is 9.55 Å². The SMILES string of the molecule is Nc1ccc2oc(Cn3ccc4cc(Br)ccc43)nc2c1. The monoisotopic (exact) mass is 341 g/mol.